The van der Waals surface area contributed by atoms with Gasteiger partial charge in [-0.3, -0.25) is 4.79 Å². The van der Waals surface area contributed by atoms with E-state index < -0.39 is 0 Å². The summed E-state index contributed by atoms with van der Waals surface area (Å²) in [7, 11) is 0. The van der Waals surface area contributed by atoms with Crippen LogP contribution in [-0.2, 0) is 20.8 Å². The number of nitrogens with zero attached hydrogens (tertiary/aromatic N) is 3. The van der Waals surface area contributed by atoms with E-state index >= 15 is 0 Å². The molecule has 3 aromatic rings. The molecule has 2 atom stereocenters. The third-order valence-corrected chi connectivity index (χ3v) is 7.42. The number of benzene rings is 2. The van der Waals surface area contributed by atoms with Gasteiger partial charge in [-0.15, -0.1) is 0 Å². The summed E-state index contributed by atoms with van der Waals surface area (Å²) in [5.74, 6) is 0.113. The van der Waals surface area contributed by atoms with Gasteiger partial charge in [0.25, 0.3) is 0 Å². The molecule has 0 bridgehead atoms. The van der Waals surface area contributed by atoms with Crippen molar-refractivity contribution in [3.63, 3.8) is 0 Å². The molecule has 0 saturated carbocycles. The van der Waals surface area contributed by atoms with Crippen LogP contribution >= 0.6 is 11.8 Å². The van der Waals surface area contributed by atoms with Gasteiger partial charge in [-0.2, -0.15) is 0 Å². The lowest BCUT2D eigenvalue weighted by atomic mass is 10.1. The number of ether oxygens (including phenoxy) is 2. The molecule has 2 unspecified atom stereocenters. The molecule has 5 rings (SSSR count). The number of rotatable bonds is 7. The van der Waals surface area contributed by atoms with Crippen molar-refractivity contribution in [2.24, 2.45) is 0 Å². The van der Waals surface area contributed by atoms with E-state index in [9.17, 15) is 4.79 Å². The molecule has 2 aromatic carbocycles. The Morgan fingerprint density at radius 2 is 1.76 bits per heavy atom. The normalized spacial score (nSPS) is 19.5. The fourth-order valence-corrected chi connectivity index (χ4v) is 5.57. The van der Waals surface area contributed by atoms with Crippen molar-refractivity contribution in [1.29, 1.82) is 0 Å². The maximum Gasteiger partial charge on any atom is 0.240 e. The third kappa shape index (κ3) is 5.16. The van der Waals surface area contributed by atoms with Crippen molar-refractivity contribution in [2.75, 3.05) is 32.9 Å². The highest BCUT2D eigenvalue weighted by Crippen LogP contribution is 2.38. The summed E-state index contributed by atoms with van der Waals surface area (Å²) in [6, 6.07) is 20.3. The standard InChI is InChI=1S/C26H29N3O3S/c30-25(28-13-16-31-17-14-28)24(21-10-5-2-6-11-21)33-26-27-18-23(20-8-3-1-4-9-20)29(26)19-22-12-7-15-32-22/h1-6,8-11,18,22,24H,7,12-17,19H2. The number of carbonyl (C=O) groups excluding carboxylic acids is 1. The average molecular weight is 464 g/mol. The van der Waals surface area contributed by atoms with Crippen LogP contribution in [0.5, 0.6) is 0 Å². The van der Waals surface area contributed by atoms with E-state index in [4.69, 9.17) is 14.5 Å². The second-order valence-corrected chi connectivity index (χ2v) is 9.46. The monoisotopic (exact) mass is 463 g/mol. The molecule has 2 aliphatic rings. The Morgan fingerprint density at radius 3 is 2.45 bits per heavy atom. The fourth-order valence-electron chi connectivity index (χ4n) is 4.40. The molecule has 7 heteroatoms. The summed E-state index contributed by atoms with van der Waals surface area (Å²) >= 11 is 1.53. The Morgan fingerprint density at radius 1 is 1.03 bits per heavy atom. The SMILES string of the molecule is O=C(C(Sc1ncc(-c2ccccc2)n1CC1CCCO1)c1ccccc1)N1CCOCC1. The van der Waals surface area contributed by atoms with Gasteiger partial charge in [0.2, 0.25) is 5.91 Å². The fraction of sp³-hybridized carbons (Fsp3) is 0.385. The van der Waals surface area contributed by atoms with E-state index in [1.807, 2.05) is 59.6 Å². The Labute approximate surface area is 198 Å². The number of imidazole rings is 1. The maximum absolute atomic E-state index is 13.6. The molecule has 2 fully saturated rings. The average Bonchev–Trinajstić information content (AvgIpc) is 3.54. The van der Waals surface area contributed by atoms with Crippen molar-refractivity contribution in [1.82, 2.24) is 14.5 Å². The zero-order chi connectivity index (χ0) is 22.5. The molecule has 33 heavy (non-hydrogen) atoms. The van der Waals surface area contributed by atoms with Crippen molar-refractivity contribution < 1.29 is 14.3 Å². The highest BCUT2D eigenvalue weighted by atomic mass is 32.2. The molecule has 6 nitrogen and oxygen atoms in total. The van der Waals surface area contributed by atoms with Crippen LogP contribution in [0.25, 0.3) is 11.3 Å². The molecule has 2 aliphatic heterocycles. The molecule has 2 saturated heterocycles. The van der Waals surface area contributed by atoms with Crippen LogP contribution in [0.2, 0.25) is 0 Å². The van der Waals surface area contributed by atoms with Crippen LogP contribution in [0, 0.1) is 0 Å². The first-order valence-corrected chi connectivity index (χ1v) is 12.5. The van der Waals surface area contributed by atoms with Gasteiger partial charge in [0.1, 0.15) is 5.25 Å². The second-order valence-electron chi connectivity index (χ2n) is 8.38. The Bertz CT molecular complexity index is 1050. The number of hydrogen-bond acceptors (Lipinski definition) is 5. The molecule has 172 valence electrons. The molecule has 3 heterocycles. The number of hydrogen-bond donors (Lipinski definition) is 0. The van der Waals surface area contributed by atoms with Gasteiger partial charge < -0.3 is 18.9 Å². The summed E-state index contributed by atoms with van der Waals surface area (Å²) in [6.45, 7) is 3.97. The van der Waals surface area contributed by atoms with E-state index in [1.165, 1.54) is 11.8 Å². The maximum atomic E-state index is 13.6. The van der Waals surface area contributed by atoms with Crippen LogP contribution in [0.4, 0.5) is 0 Å². The van der Waals surface area contributed by atoms with E-state index in [0.29, 0.717) is 26.3 Å². The first-order chi connectivity index (χ1) is 16.3. The largest absolute Gasteiger partial charge is 0.378 e. The molecule has 0 spiro atoms. The van der Waals surface area contributed by atoms with Crippen LogP contribution in [0.15, 0.2) is 72.0 Å². The molecule has 0 radical (unpaired) electrons. The van der Waals surface area contributed by atoms with Gasteiger partial charge in [-0.25, -0.2) is 4.98 Å². The number of aromatic nitrogens is 2. The van der Waals surface area contributed by atoms with E-state index in [1.54, 1.807) is 0 Å². The first-order valence-electron chi connectivity index (χ1n) is 11.6. The van der Waals surface area contributed by atoms with Gasteiger partial charge in [-0.05, 0) is 24.0 Å². The van der Waals surface area contributed by atoms with Gasteiger partial charge in [-0.1, -0.05) is 72.4 Å². The summed E-state index contributed by atoms with van der Waals surface area (Å²) in [5, 5.41) is 0.485. The van der Waals surface area contributed by atoms with E-state index in [2.05, 4.69) is 16.7 Å². The van der Waals surface area contributed by atoms with Gasteiger partial charge in [0.15, 0.2) is 5.16 Å². The Balaban J connectivity index is 1.49. The third-order valence-electron chi connectivity index (χ3n) is 6.17. The van der Waals surface area contributed by atoms with Crippen molar-refractivity contribution in [3.05, 3.63) is 72.4 Å². The lowest BCUT2D eigenvalue weighted by molar-refractivity contribution is -0.134. The highest BCUT2D eigenvalue weighted by molar-refractivity contribution is 8.00. The summed E-state index contributed by atoms with van der Waals surface area (Å²) in [6.07, 6.45) is 4.23. The lowest BCUT2D eigenvalue weighted by Crippen LogP contribution is -2.42. The zero-order valence-electron chi connectivity index (χ0n) is 18.6. The highest BCUT2D eigenvalue weighted by Gasteiger charge is 2.30. The molecule has 1 aromatic heterocycles. The minimum atomic E-state index is -0.362. The number of thioether (sulfide) groups is 1. The van der Waals surface area contributed by atoms with Gasteiger partial charge in [0.05, 0.1) is 37.8 Å². The topological polar surface area (TPSA) is 56.6 Å². The van der Waals surface area contributed by atoms with Gasteiger partial charge >= 0.3 is 0 Å². The lowest BCUT2D eigenvalue weighted by Gasteiger charge is -2.30. The first kappa shape index (κ1) is 22.2. The summed E-state index contributed by atoms with van der Waals surface area (Å²) in [4.78, 5) is 20.3. The zero-order valence-corrected chi connectivity index (χ0v) is 19.5. The smallest absolute Gasteiger partial charge is 0.240 e. The number of carbonyl (C=O) groups is 1. The number of morpholine rings is 1. The molecule has 1 amide bonds. The minimum absolute atomic E-state index is 0.113. The Hall–Kier alpha value is -2.61. The molecular weight excluding hydrogens is 434 g/mol. The van der Waals surface area contributed by atoms with Crippen LogP contribution in [0.1, 0.15) is 23.7 Å². The minimum Gasteiger partial charge on any atom is -0.378 e. The van der Waals surface area contributed by atoms with Crippen LogP contribution < -0.4 is 0 Å². The van der Waals surface area contributed by atoms with Gasteiger partial charge in [0, 0.05) is 19.7 Å². The molecular formula is C26H29N3O3S. The summed E-state index contributed by atoms with van der Waals surface area (Å²) < 4.78 is 13.7. The van der Waals surface area contributed by atoms with E-state index in [0.717, 1.165) is 48.0 Å². The molecule has 0 aliphatic carbocycles. The van der Waals surface area contributed by atoms with Crippen LogP contribution in [-0.4, -0.2) is 59.4 Å². The quantitative estimate of drug-likeness (QED) is 0.486. The van der Waals surface area contributed by atoms with Crippen LogP contribution in [0.3, 0.4) is 0 Å². The van der Waals surface area contributed by atoms with Crippen molar-refractivity contribution >= 4 is 17.7 Å². The summed E-state index contributed by atoms with van der Waals surface area (Å²) in [5.41, 5.74) is 3.16. The predicted molar refractivity (Wildman–Crippen MR) is 129 cm³/mol. The Kier molecular flexibility index (Phi) is 7.09. The second kappa shape index (κ2) is 10.5. The predicted octanol–water partition coefficient (Wildman–Crippen LogP) is 4.42. The van der Waals surface area contributed by atoms with Crippen molar-refractivity contribution in [2.45, 2.75) is 35.9 Å². The number of amides is 1. The van der Waals surface area contributed by atoms with E-state index in [-0.39, 0.29) is 17.3 Å². The molecule has 0 N–H and O–H groups in total. The van der Waals surface area contributed by atoms with Crippen molar-refractivity contribution in [3.8, 4) is 11.3 Å².